The zero-order valence-corrected chi connectivity index (χ0v) is 11.0. The topological polar surface area (TPSA) is 90.5 Å². The minimum atomic E-state index is -0.998. The number of hydrogen-bond acceptors (Lipinski definition) is 3. The van der Waals surface area contributed by atoms with Crippen molar-refractivity contribution >= 4 is 17.6 Å². The van der Waals surface area contributed by atoms with E-state index in [4.69, 9.17) is 5.11 Å². The molecule has 21 heavy (non-hydrogen) atoms. The number of fused-ring (bicyclic) bond motifs is 1. The molecule has 3 rings (SSSR count). The first-order valence-corrected chi connectivity index (χ1v) is 6.43. The molecule has 1 aromatic heterocycles. The van der Waals surface area contributed by atoms with E-state index in [1.807, 2.05) is 0 Å². The van der Waals surface area contributed by atoms with E-state index in [0.29, 0.717) is 18.7 Å². The maximum absolute atomic E-state index is 12.4. The molecule has 2 aromatic rings. The molecule has 0 fully saturated rings. The van der Waals surface area contributed by atoms with Crippen molar-refractivity contribution in [1.29, 1.82) is 0 Å². The number of aromatic amines is 1. The number of nitrogens with zero attached hydrogens (tertiary/aromatic N) is 1. The summed E-state index contributed by atoms with van der Waals surface area (Å²) in [5.41, 5.74) is 1.39. The number of anilines is 1. The van der Waals surface area contributed by atoms with Crippen LogP contribution in [0.3, 0.4) is 0 Å². The van der Waals surface area contributed by atoms with E-state index >= 15 is 0 Å². The van der Waals surface area contributed by atoms with E-state index in [0.717, 1.165) is 5.56 Å². The summed E-state index contributed by atoms with van der Waals surface area (Å²) in [6.45, 7) is 0.436. The SMILES string of the molecule is O=C(O)c1ccc2c(c1)CCN2C(=O)c1c[nH]ccc1=O. The van der Waals surface area contributed by atoms with Gasteiger partial charge >= 0.3 is 5.97 Å². The molecule has 2 heterocycles. The molecule has 106 valence electrons. The number of rotatable bonds is 2. The molecule has 0 bridgehead atoms. The van der Waals surface area contributed by atoms with E-state index in [-0.39, 0.29) is 22.5 Å². The maximum Gasteiger partial charge on any atom is 0.335 e. The molecule has 0 saturated heterocycles. The van der Waals surface area contributed by atoms with Crippen LogP contribution < -0.4 is 10.3 Å². The van der Waals surface area contributed by atoms with Crippen molar-refractivity contribution in [1.82, 2.24) is 4.98 Å². The van der Waals surface area contributed by atoms with Crippen molar-refractivity contribution in [3.63, 3.8) is 0 Å². The van der Waals surface area contributed by atoms with Gasteiger partial charge in [0.25, 0.3) is 5.91 Å². The van der Waals surface area contributed by atoms with Crippen molar-refractivity contribution in [2.24, 2.45) is 0 Å². The molecule has 1 aromatic carbocycles. The van der Waals surface area contributed by atoms with Crippen LogP contribution in [-0.2, 0) is 6.42 Å². The monoisotopic (exact) mass is 284 g/mol. The van der Waals surface area contributed by atoms with Gasteiger partial charge in [-0.15, -0.1) is 0 Å². The van der Waals surface area contributed by atoms with Gasteiger partial charge in [-0.3, -0.25) is 9.59 Å². The van der Waals surface area contributed by atoms with Gasteiger partial charge in [0.15, 0.2) is 5.43 Å². The molecule has 0 radical (unpaired) electrons. The number of hydrogen-bond donors (Lipinski definition) is 2. The lowest BCUT2D eigenvalue weighted by atomic mass is 10.1. The van der Waals surface area contributed by atoms with Gasteiger partial charge in [-0.05, 0) is 30.2 Å². The number of carbonyl (C=O) groups is 2. The molecule has 6 heteroatoms. The Labute approximate surface area is 119 Å². The highest BCUT2D eigenvalue weighted by atomic mass is 16.4. The Kier molecular flexibility index (Phi) is 3.06. The number of benzene rings is 1. The Bertz CT molecular complexity index is 794. The molecular formula is C15H12N2O4. The Morgan fingerprint density at radius 2 is 2.05 bits per heavy atom. The van der Waals surface area contributed by atoms with Gasteiger partial charge in [-0.2, -0.15) is 0 Å². The molecule has 0 spiro atoms. The van der Waals surface area contributed by atoms with E-state index in [9.17, 15) is 14.4 Å². The summed E-state index contributed by atoms with van der Waals surface area (Å²) in [4.78, 5) is 39.4. The number of pyridine rings is 1. The van der Waals surface area contributed by atoms with Crippen LogP contribution in [0.15, 0.2) is 41.5 Å². The number of H-pyrrole nitrogens is 1. The maximum atomic E-state index is 12.4. The van der Waals surface area contributed by atoms with Crippen LogP contribution in [0.4, 0.5) is 5.69 Å². The lowest BCUT2D eigenvalue weighted by Gasteiger charge is -2.16. The standard InChI is InChI=1S/C15H12N2O4/c18-13-3-5-16-8-11(13)14(19)17-6-4-9-7-10(15(20)21)1-2-12(9)17/h1-3,5,7-8H,4,6H2,(H,16,18)(H,20,21). The first kappa shape index (κ1) is 13.1. The molecule has 1 aliphatic rings. The second-order valence-corrected chi connectivity index (χ2v) is 4.78. The molecule has 0 saturated carbocycles. The Morgan fingerprint density at radius 3 is 2.76 bits per heavy atom. The fourth-order valence-electron chi connectivity index (χ4n) is 2.47. The van der Waals surface area contributed by atoms with Gasteiger partial charge in [0, 0.05) is 30.7 Å². The van der Waals surface area contributed by atoms with Gasteiger partial charge in [0.1, 0.15) is 5.56 Å². The van der Waals surface area contributed by atoms with Crippen molar-refractivity contribution in [3.05, 3.63) is 63.6 Å². The zero-order valence-electron chi connectivity index (χ0n) is 11.0. The third-order valence-corrected chi connectivity index (χ3v) is 3.52. The minimum absolute atomic E-state index is 0.0765. The van der Waals surface area contributed by atoms with E-state index < -0.39 is 5.97 Å². The van der Waals surface area contributed by atoms with Crippen LogP contribution >= 0.6 is 0 Å². The summed E-state index contributed by atoms with van der Waals surface area (Å²) in [5.74, 6) is -1.37. The summed E-state index contributed by atoms with van der Waals surface area (Å²) in [7, 11) is 0. The van der Waals surface area contributed by atoms with Crippen LogP contribution in [0.5, 0.6) is 0 Å². The normalized spacial score (nSPS) is 13.0. The molecule has 0 unspecified atom stereocenters. The van der Waals surface area contributed by atoms with E-state index in [1.165, 1.54) is 29.4 Å². The minimum Gasteiger partial charge on any atom is -0.478 e. The Morgan fingerprint density at radius 1 is 1.24 bits per heavy atom. The van der Waals surface area contributed by atoms with Crippen LogP contribution in [0.2, 0.25) is 0 Å². The first-order valence-electron chi connectivity index (χ1n) is 6.43. The number of carboxylic acids is 1. The summed E-state index contributed by atoms with van der Waals surface area (Å²) >= 11 is 0. The van der Waals surface area contributed by atoms with Crippen molar-refractivity contribution < 1.29 is 14.7 Å². The Balaban J connectivity index is 1.98. The average molecular weight is 284 g/mol. The fraction of sp³-hybridized carbons (Fsp3) is 0.133. The number of aromatic nitrogens is 1. The van der Waals surface area contributed by atoms with Crippen molar-refractivity contribution in [3.8, 4) is 0 Å². The number of carbonyl (C=O) groups excluding carboxylic acids is 1. The van der Waals surface area contributed by atoms with Gasteiger partial charge in [0.2, 0.25) is 0 Å². The second-order valence-electron chi connectivity index (χ2n) is 4.78. The second kappa shape index (κ2) is 4.90. The predicted octanol–water partition coefficient (Wildman–Crippen LogP) is 1.28. The summed E-state index contributed by atoms with van der Waals surface area (Å²) in [5, 5.41) is 8.98. The van der Waals surface area contributed by atoms with E-state index in [2.05, 4.69) is 4.98 Å². The van der Waals surface area contributed by atoms with Gasteiger partial charge < -0.3 is 15.0 Å². The number of amides is 1. The van der Waals surface area contributed by atoms with Crippen LogP contribution in [0.1, 0.15) is 26.3 Å². The molecular weight excluding hydrogens is 272 g/mol. The molecule has 2 N–H and O–H groups in total. The van der Waals surface area contributed by atoms with Crippen LogP contribution in [-0.4, -0.2) is 28.5 Å². The molecule has 1 amide bonds. The Hall–Kier alpha value is -2.89. The highest BCUT2D eigenvalue weighted by Gasteiger charge is 2.27. The number of carboxylic acid groups (broad SMARTS) is 1. The largest absolute Gasteiger partial charge is 0.478 e. The lowest BCUT2D eigenvalue weighted by Crippen LogP contribution is -2.32. The molecule has 0 atom stereocenters. The van der Waals surface area contributed by atoms with E-state index in [1.54, 1.807) is 12.1 Å². The van der Waals surface area contributed by atoms with Crippen LogP contribution in [0, 0.1) is 0 Å². The smallest absolute Gasteiger partial charge is 0.335 e. The predicted molar refractivity (Wildman–Crippen MR) is 75.8 cm³/mol. The summed E-state index contributed by atoms with van der Waals surface area (Å²) in [6.07, 6.45) is 3.43. The third-order valence-electron chi connectivity index (χ3n) is 3.52. The quantitative estimate of drug-likeness (QED) is 0.869. The average Bonchev–Trinajstić information content (AvgIpc) is 2.90. The summed E-state index contributed by atoms with van der Waals surface area (Å²) in [6, 6.07) is 5.95. The van der Waals surface area contributed by atoms with Crippen molar-refractivity contribution in [2.45, 2.75) is 6.42 Å². The number of aromatic carboxylic acids is 1. The molecule has 1 aliphatic heterocycles. The zero-order chi connectivity index (χ0) is 15.0. The number of nitrogens with one attached hydrogen (secondary N) is 1. The summed E-state index contributed by atoms with van der Waals surface area (Å²) < 4.78 is 0. The van der Waals surface area contributed by atoms with Gasteiger partial charge in [0.05, 0.1) is 5.56 Å². The van der Waals surface area contributed by atoms with Gasteiger partial charge in [-0.25, -0.2) is 4.79 Å². The molecule has 0 aliphatic carbocycles. The third kappa shape index (κ3) is 2.20. The highest BCUT2D eigenvalue weighted by molar-refractivity contribution is 6.07. The van der Waals surface area contributed by atoms with Gasteiger partial charge in [-0.1, -0.05) is 0 Å². The fourth-order valence-corrected chi connectivity index (χ4v) is 2.47. The van der Waals surface area contributed by atoms with Crippen LogP contribution in [0.25, 0.3) is 0 Å². The highest BCUT2D eigenvalue weighted by Crippen LogP contribution is 2.29. The lowest BCUT2D eigenvalue weighted by molar-refractivity contribution is 0.0696. The molecule has 6 nitrogen and oxygen atoms in total. The van der Waals surface area contributed by atoms with Crippen molar-refractivity contribution in [2.75, 3.05) is 11.4 Å². The first-order chi connectivity index (χ1) is 10.1.